The predicted octanol–water partition coefficient (Wildman–Crippen LogP) is -2.25. The van der Waals surface area contributed by atoms with Crippen LogP contribution in [0.3, 0.4) is 0 Å². The van der Waals surface area contributed by atoms with E-state index in [2.05, 4.69) is 15.0 Å². The Morgan fingerprint density at radius 3 is 2.62 bits per heavy atom. The van der Waals surface area contributed by atoms with Crippen molar-refractivity contribution in [2.75, 3.05) is 18.9 Å². The van der Waals surface area contributed by atoms with Crippen LogP contribution in [0.2, 0.25) is 0 Å². The molecule has 3 atom stereocenters. The molecule has 0 aromatic carbocycles. The zero-order chi connectivity index (χ0) is 15.2. The maximum Gasteiger partial charge on any atom is 0.166 e. The van der Waals surface area contributed by atoms with Gasteiger partial charge in [0.15, 0.2) is 11.5 Å². The molecule has 2 aromatic rings. The lowest BCUT2D eigenvalue weighted by Gasteiger charge is -2.32. The maximum atomic E-state index is 10.3. The smallest absolute Gasteiger partial charge is 0.166 e. The number of fused-ring (bicyclic) bond motifs is 1. The van der Waals surface area contributed by atoms with Gasteiger partial charge in [0.05, 0.1) is 19.5 Å². The number of rotatable bonds is 3. The van der Waals surface area contributed by atoms with Crippen LogP contribution in [0.15, 0.2) is 24.3 Å². The van der Waals surface area contributed by atoms with E-state index >= 15 is 0 Å². The van der Waals surface area contributed by atoms with Crippen molar-refractivity contribution in [1.29, 1.82) is 0 Å². The zero-order valence-corrected chi connectivity index (χ0v) is 11.0. The van der Waals surface area contributed by atoms with Crippen molar-refractivity contribution < 1.29 is 20.4 Å². The fourth-order valence-corrected chi connectivity index (χ4v) is 2.69. The third-order valence-corrected chi connectivity index (χ3v) is 3.87. The third kappa shape index (κ3) is 1.75. The van der Waals surface area contributed by atoms with Gasteiger partial charge in [0.25, 0.3) is 0 Å². The highest BCUT2D eigenvalue weighted by molar-refractivity contribution is 5.81. The molecule has 3 rings (SSSR count). The molecule has 2 aromatic heterocycles. The SMILES string of the molecule is Nc1ncnc2c1ncn2[C@]1(CO)C=C(CO)C(O)C1O. The molecular formula is C12H15N5O4. The van der Waals surface area contributed by atoms with E-state index in [0.717, 1.165) is 0 Å². The Balaban J connectivity index is 2.24. The van der Waals surface area contributed by atoms with Gasteiger partial charge in [0.2, 0.25) is 0 Å². The van der Waals surface area contributed by atoms with Crippen LogP contribution in [0.1, 0.15) is 0 Å². The Labute approximate surface area is 119 Å². The van der Waals surface area contributed by atoms with Gasteiger partial charge in [-0.15, -0.1) is 0 Å². The summed E-state index contributed by atoms with van der Waals surface area (Å²) in [7, 11) is 0. The second-order valence-corrected chi connectivity index (χ2v) is 4.96. The van der Waals surface area contributed by atoms with Gasteiger partial charge >= 0.3 is 0 Å². The van der Waals surface area contributed by atoms with Gasteiger partial charge in [0.1, 0.15) is 29.6 Å². The number of aliphatic hydroxyl groups excluding tert-OH is 4. The summed E-state index contributed by atoms with van der Waals surface area (Å²) in [4.78, 5) is 12.0. The predicted molar refractivity (Wildman–Crippen MR) is 72.0 cm³/mol. The van der Waals surface area contributed by atoms with E-state index in [1.165, 1.54) is 23.3 Å². The Kier molecular flexibility index (Phi) is 3.14. The molecule has 6 N–H and O–H groups in total. The Hall–Kier alpha value is -2.07. The first-order valence-electron chi connectivity index (χ1n) is 6.28. The molecule has 9 nitrogen and oxygen atoms in total. The number of hydrogen-bond donors (Lipinski definition) is 5. The summed E-state index contributed by atoms with van der Waals surface area (Å²) in [6, 6.07) is 0. The first kappa shape index (κ1) is 13.9. The highest BCUT2D eigenvalue weighted by Gasteiger charge is 2.49. The quantitative estimate of drug-likeness (QED) is 0.398. The van der Waals surface area contributed by atoms with Gasteiger partial charge in [0, 0.05) is 0 Å². The molecule has 21 heavy (non-hydrogen) atoms. The minimum atomic E-state index is -1.37. The van der Waals surface area contributed by atoms with Crippen LogP contribution in [0, 0.1) is 0 Å². The number of aromatic nitrogens is 4. The lowest BCUT2D eigenvalue weighted by molar-refractivity contribution is -0.0288. The molecule has 112 valence electrons. The van der Waals surface area contributed by atoms with Crippen LogP contribution in [0.4, 0.5) is 5.82 Å². The lowest BCUT2D eigenvalue weighted by atomic mass is 9.95. The molecule has 0 amide bonds. The van der Waals surface area contributed by atoms with Crippen molar-refractivity contribution in [3.63, 3.8) is 0 Å². The van der Waals surface area contributed by atoms with Gasteiger partial charge in [-0.3, -0.25) is 0 Å². The molecule has 9 heteroatoms. The minimum Gasteiger partial charge on any atom is -0.393 e. The molecule has 1 aliphatic carbocycles. The van der Waals surface area contributed by atoms with E-state index in [0.29, 0.717) is 11.2 Å². The summed E-state index contributed by atoms with van der Waals surface area (Å²) >= 11 is 0. The van der Waals surface area contributed by atoms with E-state index in [4.69, 9.17) is 5.73 Å². The topological polar surface area (TPSA) is 151 Å². The first-order chi connectivity index (χ1) is 10.0. The van der Waals surface area contributed by atoms with Crippen molar-refractivity contribution >= 4 is 17.0 Å². The lowest BCUT2D eigenvalue weighted by Crippen LogP contribution is -2.48. The number of nitrogen functional groups attached to an aromatic ring is 1. The molecule has 0 fully saturated rings. The van der Waals surface area contributed by atoms with Gasteiger partial charge in [-0.2, -0.15) is 0 Å². The maximum absolute atomic E-state index is 10.3. The van der Waals surface area contributed by atoms with E-state index in [9.17, 15) is 20.4 Å². The summed E-state index contributed by atoms with van der Waals surface area (Å²) in [5, 5.41) is 39.3. The molecule has 2 heterocycles. The second-order valence-electron chi connectivity index (χ2n) is 4.96. The molecule has 2 unspecified atom stereocenters. The van der Waals surface area contributed by atoms with E-state index in [1.54, 1.807) is 0 Å². The summed E-state index contributed by atoms with van der Waals surface area (Å²) in [5.41, 5.74) is 5.22. The van der Waals surface area contributed by atoms with Crippen molar-refractivity contribution in [2.24, 2.45) is 0 Å². The highest BCUT2D eigenvalue weighted by atomic mass is 16.3. The molecule has 0 aliphatic heterocycles. The molecule has 0 saturated heterocycles. The molecule has 0 bridgehead atoms. The molecule has 0 radical (unpaired) electrons. The summed E-state index contributed by atoms with van der Waals surface area (Å²) in [5.74, 6) is 0.172. The number of nitrogens with two attached hydrogens (primary N) is 1. The normalized spacial score (nSPS) is 29.0. The molecule has 1 aliphatic rings. The summed E-state index contributed by atoms with van der Waals surface area (Å²) < 4.78 is 1.43. The monoisotopic (exact) mass is 293 g/mol. The Morgan fingerprint density at radius 1 is 1.24 bits per heavy atom. The van der Waals surface area contributed by atoms with Gasteiger partial charge in [-0.1, -0.05) is 0 Å². The van der Waals surface area contributed by atoms with Crippen LogP contribution in [-0.2, 0) is 5.54 Å². The standard InChI is InChI=1S/C12H15N5O4/c13-10-7-11(15-4-14-10)17(5-16-7)12(3-19)1-6(2-18)8(20)9(12)21/h1,4-5,8-9,18-21H,2-3H2,(H2,13,14,15)/t8?,9?,12-/m0/s1. The molecule has 0 saturated carbocycles. The van der Waals surface area contributed by atoms with Crippen molar-refractivity contribution in [3.05, 3.63) is 24.3 Å². The first-order valence-corrected chi connectivity index (χ1v) is 6.28. The fraction of sp³-hybridized carbons (Fsp3) is 0.417. The fourth-order valence-electron chi connectivity index (χ4n) is 2.69. The molecule has 0 spiro atoms. The Morgan fingerprint density at radius 2 is 2.00 bits per heavy atom. The van der Waals surface area contributed by atoms with E-state index in [-0.39, 0.29) is 11.4 Å². The van der Waals surface area contributed by atoms with Crippen molar-refractivity contribution in [3.8, 4) is 0 Å². The minimum absolute atomic E-state index is 0.172. The van der Waals surface area contributed by atoms with Crippen molar-refractivity contribution in [2.45, 2.75) is 17.7 Å². The number of nitrogens with zero attached hydrogens (tertiary/aromatic N) is 4. The average Bonchev–Trinajstić information content (AvgIpc) is 3.03. The number of imidazole rings is 1. The number of aliphatic hydroxyl groups is 4. The zero-order valence-electron chi connectivity index (χ0n) is 11.0. The van der Waals surface area contributed by atoms with E-state index < -0.39 is 31.0 Å². The van der Waals surface area contributed by atoms with Gasteiger partial charge < -0.3 is 30.7 Å². The van der Waals surface area contributed by atoms with Crippen LogP contribution >= 0.6 is 0 Å². The summed E-state index contributed by atoms with van der Waals surface area (Å²) in [6.45, 7) is -0.937. The largest absolute Gasteiger partial charge is 0.393 e. The number of anilines is 1. The van der Waals surface area contributed by atoms with Crippen LogP contribution in [-0.4, -0.2) is 65.4 Å². The van der Waals surface area contributed by atoms with Crippen molar-refractivity contribution in [1.82, 2.24) is 19.5 Å². The highest BCUT2D eigenvalue weighted by Crippen LogP contribution is 2.37. The van der Waals surface area contributed by atoms with E-state index in [1.807, 2.05) is 0 Å². The third-order valence-electron chi connectivity index (χ3n) is 3.87. The Bertz CT molecular complexity index is 715. The van der Waals surface area contributed by atoms with Crippen LogP contribution < -0.4 is 5.73 Å². The van der Waals surface area contributed by atoms with Crippen LogP contribution in [0.25, 0.3) is 11.2 Å². The second kappa shape index (κ2) is 4.74. The van der Waals surface area contributed by atoms with Gasteiger partial charge in [-0.25, -0.2) is 15.0 Å². The number of hydrogen-bond acceptors (Lipinski definition) is 8. The average molecular weight is 293 g/mol. The molecular weight excluding hydrogens is 278 g/mol. The van der Waals surface area contributed by atoms with Gasteiger partial charge in [-0.05, 0) is 11.6 Å². The van der Waals surface area contributed by atoms with Crippen LogP contribution in [0.5, 0.6) is 0 Å². The summed E-state index contributed by atoms with van der Waals surface area (Å²) in [6.07, 6.45) is 1.41.